The highest BCUT2D eigenvalue weighted by Gasteiger charge is 2.11. The summed E-state index contributed by atoms with van der Waals surface area (Å²) in [6.45, 7) is 3.59. The first kappa shape index (κ1) is 15.7. The molecule has 7 nitrogen and oxygen atoms in total. The number of halogens is 1. The zero-order valence-corrected chi connectivity index (χ0v) is 13.6. The number of rotatable bonds is 7. The highest BCUT2D eigenvalue weighted by atomic mass is 79.9. The molecule has 2 aromatic rings. The van der Waals surface area contributed by atoms with Gasteiger partial charge in [0.2, 0.25) is 0 Å². The lowest BCUT2D eigenvalue weighted by atomic mass is 10.3. The van der Waals surface area contributed by atoms with E-state index in [1.165, 1.54) is 4.68 Å². The average Bonchev–Trinajstić information content (AvgIpc) is 2.96. The molecule has 1 atom stereocenters. The largest absolute Gasteiger partial charge is 0.383 e. The highest BCUT2D eigenvalue weighted by molar-refractivity contribution is 9.10. The van der Waals surface area contributed by atoms with Crippen LogP contribution < -0.4 is 10.9 Å². The minimum absolute atomic E-state index is 0.109. The van der Waals surface area contributed by atoms with Crippen molar-refractivity contribution in [1.29, 1.82) is 0 Å². The van der Waals surface area contributed by atoms with Crippen molar-refractivity contribution in [2.24, 2.45) is 0 Å². The summed E-state index contributed by atoms with van der Waals surface area (Å²) in [7, 11) is 1.59. The molecule has 2 aromatic heterocycles. The van der Waals surface area contributed by atoms with Gasteiger partial charge in [0.15, 0.2) is 0 Å². The van der Waals surface area contributed by atoms with E-state index in [1.54, 1.807) is 19.5 Å². The summed E-state index contributed by atoms with van der Waals surface area (Å²) in [5.74, 6) is 0. The quantitative estimate of drug-likeness (QED) is 0.811. The summed E-state index contributed by atoms with van der Waals surface area (Å²) in [5.41, 5.74) is 0.497. The SMILES string of the molecule is COCCn1ncc(NC(C)Cn2cccn2)c(Br)c1=O. The number of hydrogen-bond acceptors (Lipinski definition) is 5. The average molecular weight is 356 g/mol. The van der Waals surface area contributed by atoms with Crippen LogP contribution in [0.1, 0.15) is 6.92 Å². The molecule has 1 unspecified atom stereocenters. The normalized spacial score (nSPS) is 12.3. The molecule has 0 radical (unpaired) electrons. The second-order valence-corrected chi connectivity index (χ2v) is 5.46. The Morgan fingerprint density at radius 3 is 2.95 bits per heavy atom. The van der Waals surface area contributed by atoms with Gasteiger partial charge in [0.05, 0.1) is 31.6 Å². The van der Waals surface area contributed by atoms with Crippen LogP contribution in [-0.2, 0) is 17.8 Å². The molecule has 0 saturated heterocycles. The molecule has 0 amide bonds. The van der Waals surface area contributed by atoms with Gasteiger partial charge in [-0.25, -0.2) is 4.68 Å². The van der Waals surface area contributed by atoms with E-state index in [4.69, 9.17) is 4.74 Å². The van der Waals surface area contributed by atoms with E-state index < -0.39 is 0 Å². The molecule has 114 valence electrons. The number of nitrogens with one attached hydrogen (secondary N) is 1. The molecule has 21 heavy (non-hydrogen) atoms. The minimum Gasteiger partial charge on any atom is -0.383 e. The summed E-state index contributed by atoms with van der Waals surface area (Å²) < 4.78 is 8.63. The van der Waals surface area contributed by atoms with Gasteiger partial charge in [0.1, 0.15) is 4.47 Å². The maximum atomic E-state index is 12.1. The van der Waals surface area contributed by atoms with E-state index in [1.807, 2.05) is 23.9 Å². The van der Waals surface area contributed by atoms with E-state index in [0.29, 0.717) is 29.9 Å². The molecule has 2 heterocycles. The van der Waals surface area contributed by atoms with Crippen LogP contribution in [0, 0.1) is 0 Å². The molecule has 0 bridgehead atoms. The molecule has 0 aliphatic rings. The first-order valence-electron chi connectivity index (χ1n) is 6.60. The summed E-state index contributed by atoms with van der Waals surface area (Å²) >= 11 is 3.33. The van der Waals surface area contributed by atoms with Crippen LogP contribution in [0.2, 0.25) is 0 Å². The Bertz CT molecular complexity index is 626. The number of ether oxygens (including phenoxy) is 1. The predicted octanol–water partition coefficient (Wildman–Crippen LogP) is 1.35. The highest BCUT2D eigenvalue weighted by Crippen LogP contribution is 2.17. The number of hydrogen-bond donors (Lipinski definition) is 1. The van der Waals surface area contributed by atoms with Gasteiger partial charge < -0.3 is 10.1 Å². The Labute approximate surface area is 131 Å². The summed E-state index contributed by atoms with van der Waals surface area (Å²) in [6.07, 6.45) is 5.27. The van der Waals surface area contributed by atoms with Gasteiger partial charge in [-0.05, 0) is 28.9 Å². The van der Waals surface area contributed by atoms with Crippen molar-refractivity contribution in [2.75, 3.05) is 19.0 Å². The van der Waals surface area contributed by atoms with Crippen molar-refractivity contribution >= 4 is 21.6 Å². The molecule has 0 aliphatic carbocycles. The van der Waals surface area contributed by atoms with Crippen molar-refractivity contribution in [3.8, 4) is 0 Å². The lowest BCUT2D eigenvalue weighted by molar-refractivity contribution is 0.181. The molecule has 8 heteroatoms. The number of nitrogens with zero attached hydrogens (tertiary/aromatic N) is 4. The Morgan fingerprint density at radius 2 is 2.29 bits per heavy atom. The van der Waals surface area contributed by atoms with Crippen LogP contribution in [0.5, 0.6) is 0 Å². The fourth-order valence-corrected chi connectivity index (χ4v) is 2.32. The lowest BCUT2D eigenvalue weighted by Gasteiger charge is -2.16. The third-order valence-electron chi connectivity index (χ3n) is 2.91. The van der Waals surface area contributed by atoms with Gasteiger partial charge in [0, 0.05) is 25.5 Å². The van der Waals surface area contributed by atoms with E-state index >= 15 is 0 Å². The van der Waals surface area contributed by atoms with E-state index in [0.717, 1.165) is 0 Å². The van der Waals surface area contributed by atoms with Crippen molar-refractivity contribution < 1.29 is 4.74 Å². The Balaban J connectivity index is 2.06. The van der Waals surface area contributed by atoms with Crippen molar-refractivity contribution in [3.63, 3.8) is 0 Å². The maximum absolute atomic E-state index is 12.1. The first-order valence-corrected chi connectivity index (χ1v) is 7.39. The van der Waals surface area contributed by atoms with Gasteiger partial charge in [0.25, 0.3) is 5.56 Å². The molecule has 1 N–H and O–H groups in total. The van der Waals surface area contributed by atoms with Gasteiger partial charge in [-0.1, -0.05) is 0 Å². The zero-order chi connectivity index (χ0) is 15.2. The monoisotopic (exact) mass is 355 g/mol. The van der Waals surface area contributed by atoms with Crippen molar-refractivity contribution in [1.82, 2.24) is 19.6 Å². The van der Waals surface area contributed by atoms with Crippen molar-refractivity contribution in [2.45, 2.75) is 26.1 Å². The molecule has 0 fully saturated rings. The lowest BCUT2D eigenvalue weighted by Crippen LogP contribution is -2.28. The van der Waals surface area contributed by atoms with Crippen LogP contribution >= 0.6 is 15.9 Å². The summed E-state index contributed by atoms with van der Waals surface area (Å²) in [5, 5.41) is 11.5. The second kappa shape index (κ2) is 7.37. The number of methoxy groups -OCH3 is 1. The van der Waals surface area contributed by atoms with Gasteiger partial charge in [-0.3, -0.25) is 9.48 Å². The Morgan fingerprint density at radius 1 is 1.48 bits per heavy atom. The van der Waals surface area contributed by atoms with Crippen LogP contribution in [0.4, 0.5) is 5.69 Å². The fourth-order valence-electron chi connectivity index (χ4n) is 1.90. The minimum atomic E-state index is -0.177. The summed E-state index contributed by atoms with van der Waals surface area (Å²) in [4.78, 5) is 12.1. The molecule has 0 saturated carbocycles. The van der Waals surface area contributed by atoms with Crippen molar-refractivity contribution in [3.05, 3.63) is 39.5 Å². The molecular formula is C13H18BrN5O2. The predicted molar refractivity (Wildman–Crippen MR) is 83.4 cm³/mol. The number of anilines is 1. The standard InChI is InChI=1S/C13H18BrN5O2/c1-10(9-18-5-3-4-15-18)17-11-8-16-19(6-7-21-2)13(20)12(11)14/h3-5,8,10,17H,6-7,9H2,1-2H3. The Hall–Kier alpha value is -1.67. The topological polar surface area (TPSA) is 74.0 Å². The van der Waals surface area contributed by atoms with Crippen LogP contribution in [-0.4, -0.2) is 39.3 Å². The molecule has 0 aromatic carbocycles. The molecule has 0 spiro atoms. The number of aromatic nitrogens is 4. The van der Waals surface area contributed by atoms with Gasteiger partial charge >= 0.3 is 0 Å². The first-order chi connectivity index (χ1) is 10.1. The van der Waals surface area contributed by atoms with Crippen LogP contribution in [0.3, 0.4) is 0 Å². The van der Waals surface area contributed by atoms with E-state index in [9.17, 15) is 4.79 Å². The Kier molecular flexibility index (Phi) is 5.51. The third kappa shape index (κ3) is 4.15. The zero-order valence-electron chi connectivity index (χ0n) is 12.0. The molecular weight excluding hydrogens is 338 g/mol. The van der Waals surface area contributed by atoms with Gasteiger partial charge in [-0.15, -0.1) is 0 Å². The van der Waals surface area contributed by atoms with Gasteiger partial charge in [-0.2, -0.15) is 10.2 Å². The van der Waals surface area contributed by atoms with E-state index in [2.05, 4.69) is 31.4 Å². The molecule has 2 rings (SSSR count). The second-order valence-electron chi connectivity index (χ2n) is 4.67. The smallest absolute Gasteiger partial charge is 0.283 e. The maximum Gasteiger partial charge on any atom is 0.283 e. The van der Waals surface area contributed by atoms with E-state index in [-0.39, 0.29) is 11.6 Å². The van der Waals surface area contributed by atoms with Crippen LogP contribution in [0.15, 0.2) is 33.9 Å². The summed E-state index contributed by atoms with van der Waals surface area (Å²) in [6, 6.07) is 1.98. The third-order valence-corrected chi connectivity index (χ3v) is 3.68. The van der Waals surface area contributed by atoms with Crippen LogP contribution in [0.25, 0.3) is 0 Å². The fraction of sp³-hybridized carbons (Fsp3) is 0.462. The molecule has 0 aliphatic heterocycles.